The molecule has 0 spiro atoms. The predicted molar refractivity (Wildman–Crippen MR) is 74.4 cm³/mol. The number of carboxylic acids is 1. The molecule has 1 unspecified atom stereocenters. The fourth-order valence-electron chi connectivity index (χ4n) is 2.87. The van der Waals surface area contributed by atoms with Gasteiger partial charge >= 0.3 is 5.97 Å². The van der Waals surface area contributed by atoms with E-state index in [1.807, 2.05) is 12.1 Å². The molecule has 3 nitrogen and oxygen atoms in total. The van der Waals surface area contributed by atoms with E-state index in [1.54, 1.807) is 11.7 Å². The number of aryl methyl sites for hydroxylation is 1. The summed E-state index contributed by atoms with van der Waals surface area (Å²) in [5, 5.41) is 9.70. The third-order valence-corrected chi connectivity index (χ3v) is 4.75. The van der Waals surface area contributed by atoms with Crippen LogP contribution in [0, 0.1) is 5.41 Å². The summed E-state index contributed by atoms with van der Waals surface area (Å²) >= 11 is 1.54. The quantitative estimate of drug-likeness (QED) is 0.935. The Kier molecular flexibility index (Phi) is 3.11. The number of fused-ring (bicyclic) bond motifs is 1. The molecule has 1 aliphatic rings. The fourth-order valence-corrected chi connectivity index (χ4v) is 3.61. The molecular formula is C15H15NO2S. The standard InChI is InChI=1S/C15H15NO2S/c17-14(18)15(8-13-9-16-10-19-13)6-5-11-3-1-2-4-12(11)7-15/h1-4,9-10H,5-8H2,(H,17,18). The molecule has 0 saturated carbocycles. The van der Waals surface area contributed by atoms with Gasteiger partial charge in [-0.05, 0) is 36.8 Å². The van der Waals surface area contributed by atoms with Crippen LogP contribution in [0.15, 0.2) is 36.0 Å². The maximum absolute atomic E-state index is 11.8. The monoisotopic (exact) mass is 273 g/mol. The lowest BCUT2D eigenvalue weighted by atomic mass is 9.69. The van der Waals surface area contributed by atoms with Crippen LogP contribution in [-0.4, -0.2) is 16.1 Å². The largest absolute Gasteiger partial charge is 0.481 e. The molecule has 0 bridgehead atoms. The number of benzene rings is 1. The first-order valence-corrected chi connectivity index (χ1v) is 7.25. The highest BCUT2D eigenvalue weighted by Gasteiger charge is 2.41. The molecule has 1 atom stereocenters. The summed E-state index contributed by atoms with van der Waals surface area (Å²) in [6, 6.07) is 8.17. The van der Waals surface area contributed by atoms with Crippen LogP contribution in [0.4, 0.5) is 0 Å². The highest BCUT2D eigenvalue weighted by Crippen LogP contribution is 2.39. The number of aliphatic carboxylic acids is 1. The van der Waals surface area contributed by atoms with Crippen LogP contribution in [-0.2, 0) is 24.1 Å². The van der Waals surface area contributed by atoms with Gasteiger partial charge in [-0.3, -0.25) is 9.78 Å². The average Bonchev–Trinajstić information content (AvgIpc) is 2.91. The number of carboxylic acid groups (broad SMARTS) is 1. The molecule has 1 aromatic heterocycles. The Bertz CT molecular complexity index is 594. The first-order chi connectivity index (χ1) is 9.20. The van der Waals surface area contributed by atoms with Gasteiger partial charge in [0.25, 0.3) is 0 Å². The molecule has 0 radical (unpaired) electrons. The zero-order valence-electron chi connectivity index (χ0n) is 10.5. The normalized spacial score (nSPS) is 21.9. The molecule has 4 heteroatoms. The maximum Gasteiger partial charge on any atom is 0.310 e. The van der Waals surface area contributed by atoms with Gasteiger partial charge in [0.05, 0.1) is 10.9 Å². The van der Waals surface area contributed by atoms with E-state index in [0.717, 1.165) is 11.3 Å². The second kappa shape index (κ2) is 4.78. The molecular weight excluding hydrogens is 258 g/mol. The minimum absolute atomic E-state index is 0.585. The molecule has 0 aliphatic heterocycles. The lowest BCUT2D eigenvalue weighted by molar-refractivity contribution is -0.149. The first kappa shape index (κ1) is 12.4. The number of carbonyl (C=O) groups is 1. The molecule has 1 aliphatic carbocycles. The third-order valence-electron chi connectivity index (χ3n) is 3.97. The SMILES string of the molecule is O=C(O)C1(Cc2cncs2)CCc2ccccc2C1. The Morgan fingerprint density at radius 2 is 2.16 bits per heavy atom. The molecule has 0 amide bonds. The van der Waals surface area contributed by atoms with E-state index in [9.17, 15) is 9.90 Å². The Morgan fingerprint density at radius 3 is 2.84 bits per heavy atom. The summed E-state index contributed by atoms with van der Waals surface area (Å²) in [5.74, 6) is -0.685. The van der Waals surface area contributed by atoms with Gasteiger partial charge in [0, 0.05) is 11.1 Å². The second-order valence-electron chi connectivity index (χ2n) is 5.18. The number of nitrogens with zero attached hydrogens (tertiary/aromatic N) is 1. The van der Waals surface area contributed by atoms with Gasteiger partial charge in [-0.25, -0.2) is 0 Å². The summed E-state index contributed by atoms with van der Waals surface area (Å²) in [6.07, 6.45) is 4.55. The van der Waals surface area contributed by atoms with Crippen LogP contribution in [0.1, 0.15) is 22.4 Å². The lowest BCUT2D eigenvalue weighted by Crippen LogP contribution is -2.38. The van der Waals surface area contributed by atoms with E-state index in [-0.39, 0.29) is 0 Å². The molecule has 19 heavy (non-hydrogen) atoms. The van der Waals surface area contributed by atoms with Crippen LogP contribution in [0.2, 0.25) is 0 Å². The van der Waals surface area contributed by atoms with Gasteiger partial charge in [-0.2, -0.15) is 0 Å². The van der Waals surface area contributed by atoms with E-state index >= 15 is 0 Å². The smallest absolute Gasteiger partial charge is 0.310 e. The van der Waals surface area contributed by atoms with E-state index < -0.39 is 11.4 Å². The predicted octanol–water partition coefficient (Wildman–Crippen LogP) is 2.95. The summed E-state index contributed by atoms with van der Waals surface area (Å²) < 4.78 is 0. The van der Waals surface area contributed by atoms with Crippen LogP contribution < -0.4 is 0 Å². The molecule has 1 N–H and O–H groups in total. The van der Waals surface area contributed by atoms with E-state index in [4.69, 9.17) is 0 Å². The second-order valence-corrected chi connectivity index (χ2v) is 6.15. The van der Waals surface area contributed by atoms with Gasteiger partial charge < -0.3 is 5.11 Å². The van der Waals surface area contributed by atoms with Crippen molar-refractivity contribution in [3.05, 3.63) is 52.0 Å². The van der Waals surface area contributed by atoms with Crippen molar-refractivity contribution in [1.82, 2.24) is 4.98 Å². The van der Waals surface area contributed by atoms with Crippen molar-refractivity contribution >= 4 is 17.3 Å². The van der Waals surface area contributed by atoms with Gasteiger partial charge in [-0.15, -0.1) is 11.3 Å². The van der Waals surface area contributed by atoms with Crippen LogP contribution >= 0.6 is 11.3 Å². The topological polar surface area (TPSA) is 50.2 Å². The van der Waals surface area contributed by atoms with Gasteiger partial charge in [0.1, 0.15) is 0 Å². The highest BCUT2D eigenvalue weighted by atomic mass is 32.1. The van der Waals surface area contributed by atoms with Crippen molar-refractivity contribution in [2.75, 3.05) is 0 Å². The van der Waals surface area contributed by atoms with E-state index in [0.29, 0.717) is 19.3 Å². The summed E-state index contributed by atoms with van der Waals surface area (Å²) in [5.41, 5.74) is 3.58. The number of hydrogen-bond donors (Lipinski definition) is 1. The summed E-state index contributed by atoms with van der Waals surface area (Å²) in [6.45, 7) is 0. The molecule has 1 heterocycles. The molecule has 0 saturated heterocycles. The highest BCUT2D eigenvalue weighted by molar-refractivity contribution is 7.09. The van der Waals surface area contributed by atoms with Gasteiger partial charge in [0.15, 0.2) is 0 Å². The molecule has 3 rings (SSSR count). The molecule has 0 fully saturated rings. The van der Waals surface area contributed by atoms with Crippen LogP contribution in [0.3, 0.4) is 0 Å². The van der Waals surface area contributed by atoms with Crippen molar-refractivity contribution in [3.8, 4) is 0 Å². The average molecular weight is 273 g/mol. The molecule has 98 valence electrons. The van der Waals surface area contributed by atoms with Crippen molar-refractivity contribution < 1.29 is 9.90 Å². The first-order valence-electron chi connectivity index (χ1n) is 6.37. The Morgan fingerprint density at radius 1 is 1.37 bits per heavy atom. The molecule has 1 aromatic carbocycles. The Balaban J connectivity index is 1.93. The molecule has 2 aromatic rings. The van der Waals surface area contributed by atoms with Crippen LogP contribution in [0.5, 0.6) is 0 Å². The minimum Gasteiger partial charge on any atom is -0.481 e. The van der Waals surface area contributed by atoms with Gasteiger partial charge in [-0.1, -0.05) is 24.3 Å². The van der Waals surface area contributed by atoms with Crippen molar-refractivity contribution in [2.45, 2.75) is 25.7 Å². The fraction of sp³-hybridized carbons (Fsp3) is 0.333. The number of rotatable bonds is 3. The summed E-state index contributed by atoms with van der Waals surface area (Å²) in [7, 11) is 0. The minimum atomic E-state index is -0.685. The van der Waals surface area contributed by atoms with Crippen LogP contribution in [0.25, 0.3) is 0 Å². The van der Waals surface area contributed by atoms with Crippen molar-refractivity contribution in [1.29, 1.82) is 0 Å². The van der Waals surface area contributed by atoms with Gasteiger partial charge in [0.2, 0.25) is 0 Å². The number of hydrogen-bond acceptors (Lipinski definition) is 3. The zero-order valence-corrected chi connectivity index (χ0v) is 11.3. The Hall–Kier alpha value is -1.68. The lowest BCUT2D eigenvalue weighted by Gasteiger charge is -2.34. The Labute approximate surface area is 115 Å². The van der Waals surface area contributed by atoms with E-state index in [1.165, 1.54) is 22.5 Å². The third kappa shape index (κ3) is 2.28. The van der Waals surface area contributed by atoms with Crippen molar-refractivity contribution in [3.63, 3.8) is 0 Å². The summed E-state index contributed by atoms with van der Waals surface area (Å²) in [4.78, 5) is 16.9. The number of aromatic nitrogens is 1. The zero-order chi connectivity index (χ0) is 13.3. The maximum atomic E-state index is 11.8. The van der Waals surface area contributed by atoms with E-state index in [2.05, 4.69) is 17.1 Å². The van der Waals surface area contributed by atoms with Crippen molar-refractivity contribution in [2.24, 2.45) is 5.41 Å². The number of thiazole rings is 1.